The molecule has 4 rings (SSSR count). The van der Waals surface area contributed by atoms with E-state index < -0.39 is 9.84 Å². The molecule has 168 valence electrons. The average Bonchev–Trinajstić information content (AvgIpc) is 3.30. The topological polar surface area (TPSA) is 72.9 Å². The summed E-state index contributed by atoms with van der Waals surface area (Å²) in [6.07, 6.45) is 1.72. The van der Waals surface area contributed by atoms with Crippen LogP contribution in [0.1, 0.15) is 32.4 Å². The number of fused-ring (bicyclic) bond motifs is 1. The van der Waals surface area contributed by atoms with E-state index in [1.54, 1.807) is 30.5 Å². The number of sulfone groups is 1. The normalized spacial score (nSPS) is 15.9. The number of halogens is 1. The van der Waals surface area contributed by atoms with Gasteiger partial charge in [-0.25, -0.2) is 8.42 Å². The fourth-order valence-electron chi connectivity index (χ4n) is 3.97. The highest BCUT2D eigenvalue weighted by Crippen LogP contribution is 2.43. The Morgan fingerprint density at radius 2 is 1.84 bits per heavy atom. The fourth-order valence-corrected chi connectivity index (χ4v) is 5.67. The van der Waals surface area contributed by atoms with Crippen LogP contribution in [-0.4, -0.2) is 46.2 Å². The molecule has 2 aromatic carbocycles. The molecule has 0 fully saturated rings. The molecule has 0 saturated heterocycles. The molecule has 32 heavy (non-hydrogen) atoms. The maximum atomic E-state index is 13.7. The number of ether oxygens (including phenoxy) is 2. The lowest BCUT2D eigenvalue weighted by Gasteiger charge is -2.37. The van der Waals surface area contributed by atoms with Crippen LogP contribution in [0.15, 0.2) is 52.7 Å². The van der Waals surface area contributed by atoms with Crippen LogP contribution in [0.3, 0.4) is 0 Å². The Morgan fingerprint density at radius 3 is 2.47 bits per heavy atom. The summed E-state index contributed by atoms with van der Waals surface area (Å²) in [5, 5.41) is 2.18. The third-order valence-electron chi connectivity index (χ3n) is 5.54. The van der Waals surface area contributed by atoms with E-state index in [0.717, 1.165) is 22.3 Å². The molecule has 1 aliphatic heterocycles. The Hall–Kier alpha value is -2.55. The second-order valence-electron chi connectivity index (χ2n) is 7.49. The van der Waals surface area contributed by atoms with E-state index in [0.29, 0.717) is 24.5 Å². The summed E-state index contributed by atoms with van der Waals surface area (Å²) in [6.45, 7) is 0.448. The van der Waals surface area contributed by atoms with Crippen LogP contribution in [0.5, 0.6) is 11.5 Å². The number of methoxy groups -OCH3 is 2. The molecule has 1 atom stereocenters. The van der Waals surface area contributed by atoms with Gasteiger partial charge in [0.15, 0.2) is 21.3 Å². The molecule has 9 heteroatoms. The molecule has 0 spiro atoms. The highest BCUT2D eigenvalue weighted by molar-refractivity contribution is 7.90. The Labute approximate surface area is 196 Å². The number of thiophene rings is 1. The van der Waals surface area contributed by atoms with Gasteiger partial charge < -0.3 is 14.4 Å². The first-order chi connectivity index (χ1) is 15.2. The molecular formula is C23H22ClNO5S2. The quantitative estimate of drug-likeness (QED) is 0.521. The zero-order valence-electron chi connectivity index (χ0n) is 17.8. The summed E-state index contributed by atoms with van der Waals surface area (Å²) in [5.41, 5.74) is 2.18. The molecule has 1 unspecified atom stereocenters. The second-order valence-corrected chi connectivity index (χ2v) is 10.9. The van der Waals surface area contributed by atoms with Crippen LogP contribution in [0.2, 0.25) is 5.02 Å². The molecule has 0 radical (unpaired) electrons. The summed E-state index contributed by atoms with van der Waals surface area (Å²) >= 11 is 7.89. The molecule has 0 bridgehead atoms. The molecule has 1 amide bonds. The van der Waals surface area contributed by atoms with Gasteiger partial charge in [-0.05, 0) is 59.3 Å². The van der Waals surface area contributed by atoms with Crippen molar-refractivity contribution in [1.29, 1.82) is 0 Å². The lowest BCUT2D eigenvalue weighted by Crippen LogP contribution is -2.40. The number of hydrogen-bond donors (Lipinski definition) is 0. The van der Waals surface area contributed by atoms with Crippen LogP contribution < -0.4 is 9.47 Å². The summed E-state index contributed by atoms with van der Waals surface area (Å²) in [6, 6.07) is 11.6. The van der Waals surface area contributed by atoms with Crippen LogP contribution in [0.25, 0.3) is 0 Å². The van der Waals surface area contributed by atoms with Crippen molar-refractivity contribution < 1.29 is 22.7 Å². The zero-order chi connectivity index (χ0) is 23.0. The standard InChI is InChI=1S/C23H22ClNO5S2/c1-29-19-11-14-8-9-25(22(21-5-4-10-31-21)16(14)13-20(19)30-2)23(26)17-12-15(32(3,27)28)6-7-18(17)24/h4-7,10-13,22H,8-9H2,1-3H3. The van der Waals surface area contributed by atoms with Crippen molar-refractivity contribution in [1.82, 2.24) is 4.90 Å². The van der Waals surface area contributed by atoms with E-state index in [2.05, 4.69) is 0 Å². The van der Waals surface area contributed by atoms with Gasteiger partial charge in [-0.1, -0.05) is 17.7 Å². The van der Waals surface area contributed by atoms with Crippen LogP contribution in [0, 0.1) is 0 Å². The summed E-state index contributed by atoms with van der Waals surface area (Å²) in [5.74, 6) is 0.901. The molecule has 0 aliphatic carbocycles. The van der Waals surface area contributed by atoms with Gasteiger partial charge in [-0.2, -0.15) is 0 Å². The Balaban J connectivity index is 1.84. The van der Waals surface area contributed by atoms with Gasteiger partial charge in [0.25, 0.3) is 5.91 Å². The maximum Gasteiger partial charge on any atom is 0.256 e. The molecule has 1 aliphatic rings. The number of carbonyl (C=O) groups is 1. The van der Waals surface area contributed by atoms with Crippen molar-refractivity contribution in [3.05, 3.63) is 74.4 Å². The minimum atomic E-state index is -3.49. The van der Waals surface area contributed by atoms with Gasteiger partial charge in [0, 0.05) is 17.7 Å². The SMILES string of the molecule is COc1cc2c(cc1OC)C(c1cccs1)N(C(=O)c1cc(S(C)(=O)=O)ccc1Cl)CC2. The van der Waals surface area contributed by atoms with Crippen molar-refractivity contribution in [3.63, 3.8) is 0 Å². The first-order valence-corrected chi connectivity index (χ1v) is 13.0. The molecule has 1 aromatic heterocycles. The number of rotatable bonds is 5. The summed E-state index contributed by atoms with van der Waals surface area (Å²) < 4.78 is 35.1. The molecule has 0 N–H and O–H groups in total. The van der Waals surface area contributed by atoms with E-state index in [-0.39, 0.29) is 27.4 Å². The van der Waals surface area contributed by atoms with Crippen molar-refractivity contribution in [3.8, 4) is 11.5 Å². The second kappa shape index (κ2) is 8.77. The lowest BCUT2D eigenvalue weighted by molar-refractivity contribution is 0.0697. The highest BCUT2D eigenvalue weighted by atomic mass is 35.5. The predicted octanol–water partition coefficient (Wildman–Crippen LogP) is 4.61. The highest BCUT2D eigenvalue weighted by Gasteiger charge is 2.35. The minimum absolute atomic E-state index is 0.0572. The van der Waals surface area contributed by atoms with Crippen molar-refractivity contribution >= 4 is 38.7 Å². The molecule has 6 nitrogen and oxygen atoms in total. The van der Waals surface area contributed by atoms with Gasteiger partial charge in [-0.15, -0.1) is 11.3 Å². The van der Waals surface area contributed by atoms with Gasteiger partial charge in [0.05, 0.1) is 35.7 Å². The Bertz CT molecular complexity index is 1270. The van der Waals surface area contributed by atoms with E-state index >= 15 is 0 Å². The zero-order valence-corrected chi connectivity index (χ0v) is 20.2. The van der Waals surface area contributed by atoms with Crippen molar-refractivity contribution in [2.24, 2.45) is 0 Å². The number of hydrogen-bond acceptors (Lipinski definition) is 6. The Morgan fingerprint density at radius 1 is 1.12 bits per heavy atom. The van der Waals surface area contributed by atoms with Crippen molar-refractivity contribution in [2.45, 2.75) is 17.4 Å². The first-order valence-electron chi connectivity index (χ1n) is 9.83. The number of nitrogens with zero attached hydrogens (tertiary/aromatic N) is 1. The van der Waals surface area contributed by atoms with Gasteiger partial charge >= 0.3 is 0 Å². The van der Waals surface area contributed by atoms with E-state index in [4.69, 9.17) is 21.1 Å². The summed E-state index contributed by atoms with van der Waals surface area (Å²) in [4.78, 5) is 16.5. The smallest absolute Gasteiger partial charge is 0.256 e. The van der Waals surface area contributed by atoms with Gasteiger partial charge in [0.1, 0.15) is 0 Å². The van der Waals surface area contributed by atoms with E-state index in [1.165, 1.54) is 18.2 Å². The monoisotopic (exact) mass is 491 g/mol. The molecule has 2 heterocycles. The van der Waals surface area contributed by atoms with Crippen LogP contribution >= 0.6 is 22.9 Å². The predicted molar refractivity (Wildman–Crippen MR) is 125 cm³/mol. The molecular weight excluding hydrogens is 470 g/mol. The lowest BCUT2D eigenvalue weighted by atomic mass is 9.90. The van der Waals surface area contributed by atoms with E-state index in [9.17, 15) is 13.2 Å². The number of carbonyl (C=O) groups excluding carboxylic acids is 1. The molecule has 3 aromatic rings. The van der Waals surface area contributed by atoms with Crippen LogP contribution in [-0.2, 0) is 16.3 Å². The summed E-state index contributed by atoms with van der Waals surface area (Å²) in [7, 11) is -0.317. The molecule has 0 saturated carbocycles. The maximum absolute atomic E-state index is 13.7. The largest absolute Gasteiger partial charge is 0.493 e. The van der Waals surface area contributed by atoms with E-state index in [1.807, 2.05) is 29.6 Å². The first kappa shape index (κ1) is 22.6. The number of amides is 1. The average molecular weight is 492 g/mol. The van der Waals surface area contributed by atoms with Crippen molar-refractivity contribution in [2.75, 3.05) is 27.0 Å². The fraction of sp³-hybridized carbons (Fsp3) is 0.261. The van der Waals surface area contributed by atoms with Crippen LogP contribution in [0.4, 0.5) is 0 Å². The third kappa shape index (κ3) is 4.10. The third-order valence-corrected chi connectivity index (χ3v) is 7.91. The van der Waals surface area contributed by atoms with Gasteiger partial charge in [0.2, 0.25) is 0 Å². The van der Waals surface area contributed by atoms with Gasteiger partial charge in [-0.3, -0.25) is 4.79 Å². The minimum Gasteiger partial charge on any atom is -0.493 e. The Kier molecular flexibility index (Phi) is 6.20. The number of benzene rings is 2.